The number of nitrogens with zero attached hydrogens (tertiary/aromatic N) is 4. The molecule has 0 bridgehead atoms. The second-order valence-electron chi connectivity index (χ2n) is 9.47. The standard InChI is InChI=1S/C22H40N4O10P2/c27-21(17-36-16-20-4-2-1-3-5-20)14-23-6-10-25(18-37(30,31)32)12-8-24(15-22(28)29)9-13-26(11-7-23)19-38(33,34)35/h1-5,21,27H,6-19H2,(H,28,29)(H2,30,31,32)(H2,33,34,35). The van der Waals surface area contributed by atoms with Gasteiger partial charge in [0.05, 0.1) is 25.9 Å². The lowest BCUT2D eigenvalue weighted by atomic mass is 10.2. The van der Waals surface area contributed by atoms with Crippen LogP contribution in [-0.2, 0) is 25.3 Å². The Labute approximate surface area is 222 Å². The fourth-order valence-corrected chi connectivity index (χ4v) is 5.76. The summed E-state index contributed by atoms with van der Waals surface area (Å²) in [6.07, 6.45) is -1.84. The molecule has 6 N–H and O–H groups in total. The van der Waals surface area contributed by atoms with Gasteiger partial charge in [-0.1, -0.05) is 30.3 Å². The van der Waals surface area contributed by atoms with E-state index in [1.165, 1.54) is 0 Å². The number of aliphatic carboxylic acids is 1. The normalized spacial score (nSPS) is 19.5. The van der Waals surface area contributed by atoms with Gasteiger partial charge < -0.3 is 34.5 Å². The molecule has 1 saturated heterocycles. The molecule has 0 amide bonds. The van der Waals surface area contributed by atoms with E-state index < -0.39 is 39.8 Å². The van der Waals surface area contributed by atoms with Crippen LogP contribution in [0.25, 0.3) is 0 Å². The highest BCUT2D eigenvalue weighted by Crippen LogP contribution is 2.35. The zero-order valence-electron chi connectivity index (χ0n) is 21.4. The highest BCUT2D eigenvalue weighted by molar-refractivity contribution is 7.51. The fraction of sp³-hybridized carbons (Fsp3) is 0.682. The molecule has 1 unspecified atom stereocenters. The van der Waals surface area contributed by atoms with Crippen LogP contribution in [0, 0.1) is 0 Å². The Bertz CT molecular complexity index is 892. The summed E-state index contributed by atoms with van der Waals surface area (Å²) in [6, 6.07) is 9.49. The molecule has 0 aliphatic carbocycles. The Hall–Kier alpha value is -1.25. The Balaban J connectivity index is 2.08. The van der Waals surface area contributed by atoms with Gasteiger partial charge in [-0.25, -0.2) is 0 Å². The molecule has 1 atom stereocenters. The van der Waals surface area contributed by atoms with Gasteiger partial charge >= 0.3 is 21.2 Å². The van der Waals surface area contributed by atoms with Gasteiger partial charge in [0.25, 0.3) is 0 Å². The van der Waals surface area contributed by atoms with Gasteiger partial charge in [0, 0.05) is 58.9 Å². The van der Waals surface area contributed by atoms with Gasteiger partial charge in [-0.3, -0.25) is 33.5 Å². The van der Waals surface area contributed by atoms with Gasteiger partial charge in [-0.05, 0) is 5.56 Å². The number of hydrogen-bond donors (Lipinski definition) is 6. The molecule has 0 spiro atoms. The molecule has 1 aromatic carbocycles. The van der Waals surface area contributed by atoms with Crippen molar-refractivity contribution in [2.24, 2.45) is 0 Å². The van der Waals surface area contributed by atoms with E-state index in [-0.39, 0.29) is 59.0 Å². The van der Waals surface area contributed by atoms with Crippen molar-refractivity contribution in [2.75, 3.05) is 84.6 Å². The van der Waals surface area contributed by atoms with Crippen molar-refractivity contribution in [1.82, 2.24) is 19.6 Å². The van der Waals surface area contributed by atoms with E-state index in [4.69, 9.17) is 4.74 Å². The minimum Gasteiger partial charge on any atom is -0.480 e. The van der Waals surface area contributed by atoms with Gasteiger partial charge in [0.1, 0.15) is 12.6 Å². The van der Waals surface area contributed by atoms with Crippen LogP contribution in [0.2, 0.25) is 0 Å². The summed E-state index contributed by atoms with van der Waals surface area (Å²) in [5.41, 5.74) is 0.962. The molecule has 1 fully saturated rings. The van der Waals surface area contributed by atoms with Crippen LogP contribution < -0.4 is 0 Å². The van der Waals surface area contributed by atoms with E-state index in [1.807, 2.05) is 35.2 Å². The van der Waals surface area contributed by atoms with E-state index in [1.54, 1.807) is 14.7 Å². The van der Waals surface area contributed by atoms with Crippen LogP contribution in [0.4, 0.5) is 0 Å². The first-order valence-electron chi connectivity index (χ1n) is 12.3. The fourth-order valence-electron chi connectivity index (χ4n) is 4.15. The summed E-state index contributed by atoms with van der Waals surface area (Å²) in [5.74, 6) is -1.07. The molecule has 2 rings (SSSR count). The second-order valence-corrected chi connectivity index (χ2v) is 12.7. The van der Waals surface area contributed by atoms with Crippen molar-refractivity contribution in [3.05, 3.63) is 35.9 Å². The minimum absolute atomic E-state index is 0.0634. The van der Waals surface area contributed by atoms with E-state index in [2.05, 4.69) is 0 Å². The average molecular weight is 583 g/mol. The van der Waals surface area contributed by atoms with Crippen molar-refractivity contribution in [2.45, 2.75) is 12.7 Å². The van der Waals surface area contributed by atoms with E-state index in [0.29, 0.717) is 19.7 Å². The third-order valence-corrected chi connectivity index (χ3v) is 7.48. The SMILES string of the molecule is O=C(O)CN1CCN(CP(=O)(O)O)CCN(CC(O)COCc2ccccc2)CCN(CP(=O)(O)O)CC1. The number of carbonyl (C=O) groups is 1. The van der Waals surface area contributed by atoms with Crippen molar-refractivity contribution < 1.29 is 48.4 Å². The summed E-state index contributed by atoms with van der Waals surface area (Å²) in [4.78, 5) is 56.0. The first kappa shape index (κ1) is 33.0. The largest absolute Gasteiger partial charge is 0.480 e. The summed E-state index contributed by atoms with van der Waals surface area (Å²) >= 11 is 0. The molecule has 16 heteroatoms. The first-order chi connectivity index (χ1) is 17.8. The molecular weight excluding hydrogens is 542 g/mol. The quantitative estimate of drug-likeness (QED) is 0.167. The summed E-state index contributed by atoms with van der Waals surface area (Å²) in [5, 5.41) is 19.8. The van der Waals surface area contributed by atoms with E-state index in [9.17, 15) is 43.7 Å². The van der Waals surface area contributed by atoms with Gasteiger partial charge in [-0.15, -0.1) is 0 Å². The maximum atomic E-state index is 11.7. The number of aliphatic hydroxyl groups is 1. The monoisotopic (exact) mass is 582 g/mol. The predicted molar refractivity (Wildman–Crippen MR) is 140 cm³/mol. The van der Waals surface area contributed by atoms with Crippen LogP contribution in [0.3, 0.4) is 0 Å². The topological polar surface area (TPSA) is 195 Å². The lowest BCUT2D eigenvalue weighted by Gasteiger charge is -2.34. The highest BCUT2D eigenvalue weighted by Gasteiger charge is 2.25. The zero-order chi connectivity index (χ0) is 28.2. The van der Waals surface area contributed by atoms with Crippen LogP contribution in [0.1, 0.15) is 5.56 Å². The third-order valence-electron chi connectivity index (χ3n) is 5.95. The molecule has 1 aromatic rings. The number of benzene rings is 1. The van der Waals surface area contributed by atoms with E-state index in [0.717, 1.165) is 5.56 Å². The number of ether oxygens (including phenoxy) is 1. The number of aliphatic hydroxyl groups excluding tert-OH is 1. The molecule has 0 saturated carbocycles. The average Bonchev–Trinajstić information content (AvgIpc) is 2.79. The molecule has 218 valence electrons. The van der Waals surface area contributed by atoms with Crippen molar-refractivity contribution in [3.63, 3.8) is 0 Å². The predicted octanol–water partition coefficient (Wildman–Crippen LogP) is -0.859. The van der Waals surface area contributed by atoms with Gasteiger partial charge in [0.15, 0.2) is 0 Å². The van der Waals surface area contributed by atoms with Crippen molar-refractivity contribution >= 4 is 21.2 Å². The maximum absolute atomic E-state index is 11.7. The van der Waals surface area contributed by atoms with Crippen LogP contribution >= 0.6 is 15.2 Å². The lowest BCUT2D eigenvalue weighted by molar-refractivity contribution is -0.138. The molecular formula is C22H40N4O10P2. The van der Waals surface area contributed by atoms with Crippen LogP contribution in [0.5, 0.6) is 0 Å². The molecule has 1 aliphatic heterocycles. The molecule has 1 heterocycles. The number of carboxylic acids is 1. The minimum atomic E-state index is -4.38. The summed E-state index contributed by atoms with van der Waals surface area (Å²) in [7, 11) is -8.75. The number of hydrogen-bond acceptors (Lipinski definition) is 9. The number of β-amino-alcohol motifs (C(OH)–C–C–N with tert-alkyl or cyclic N) is 1. The summed E-state index contributed by atoms with van der Waals surface area (Å²) < 4.78 is 29.0. The molecule has 0 aromatic heterocycles. The lowest BCUT2D eigenvalue weighted by Crippen LogP contribution is -2.48. The maximum Gasteiger partial charge on any atom is 0.339 e. The molecule has 38 heavy (non-hydrogen) atoms. The van der Waals surface area contributed by atoms with Crippen molar-refractivity contribution in [1.29, 1.82) is 0 Å². The van der Waals surface area contributed by atoms with Gasteiger partial charge in [0.2, 0.25) is 0 Å². The Morgan fingerprint density at radius 1 is 0.789 bits per heavy atom. The van der Waals surface area contributed by atoms with E-state index >= 15 is 0 Å². The van der Waals surface area contributed by atoms with Crippen molar-refractivity contribution in [3.8, 4) is 0 Å². The molecule has 14 nitrogen and oxygen atoms in total. The highest BCUT2D eigenvalue weighted by atomic mass is 31.2. The first-order valence-corrected chi connectivity index (χ1v) is 15.9. The van der Waals surface area contributed by atoms with Crippen LogP contribution in [-0.4, -0.2) is 146 Å². The van der Waals surface area contributed by atoms with Gasteiger partial charge in [-0.2, -0.15) is 0 Å². The zero-order valence-corrected chi connectivity index (χ0v) is 23.2. The molecule has 1 aliphatic rings. The second kappa shape index (κ2) is 16.1. The smallest absolute Gasteiger partial charge is 0.339 e. The Morgan fingerprint density at radius 2 is 1.24 bits per heavy atom. The van der Waals surface area contributed by atoms with Crippen LogP contribution in [0.15, 0.2) is 30.3 Å². The summed E-state index contributed by atoms with van der Waals surface area (Å²) in [6.45, 7) is 2.16. The number of carboxylic acid groups (broad SMARTS) is 1. The third kappa shape index (κ3) is 15.4. The Kier molecular flexibility index (Phi) is 14.0. The number of rotatable bonds is 12. The Morgan fingerprint density at radius 3 is 1.68 bits per heavy atom. The molecule has 0 radical (unpaired) electrons.